The number of benzene rings is 1. The maximum atomic E-state index is 12.8. The van der Waals surface area contributed by atoms with E-state index in [9.17, 15) is 9.18 Å². The number of hydrogen-bond acceptors (Lipinski definition) is 1. The van der Waals surface area contributed by atoms with Crippen LogP contribution in [0.1, 0.15) is 25.3 Å². The van der Waals surface area contributed by atoms with Gasteiger partial charge in [-0.1, -0.05) is 12.1 Å². The molecule has 3 nitrogen and oxygen atoms in total. The van der Waals surface area contributed by atoms with Crippen LogP contribution >= 0.6 is 0 Å². The third-order valence-electron chi connectivity index (χ3n) is 3.84. The predicted octanol–water partition coefficient (Wildman–Crippen LogP) is 1.02. The summed E-state index contributed by atoms with van der Waals surface area (Å²) in [4.78, 5) is 13.4. The second-order valence-electron chi connectivity index (χ2n) is 5.27. The Morgan fingerprint density at radius 2 is 2.00 bits per heavy atom. The minimum atomic E-state index is -0.267. The van der Waals surface area contributed by atoms with Gasteiger partial charge in [0.2, 0.25) is 5.91 Å². The van der Waals surface area contributed by atoms with E-state index < -0.39 is 0 Å². The molecule has 4 heteroatoms. The van der Waals surface area contributed by atoms with Gasteiger partial charge >= 0.3 is 0 Å². The quantitative estimate of drug-likeness (QED) is 0.792. The van der Waals surface area contributed by atoms with Crippen LogP contribution in [0.25, 0.3) is 6.08 Å². The number of carbonyl (C=O) groups excluding carboxylic acids is 1. The van der Waals surface area contributed by atoms with Crippen molar-refractivity contribution < 1.29 is 14.1 Å². The van der Waals surface area contributed by atoms with Crippen molar-refractivity contribution in [2.75, 3.05) is 19.6 Å². The lowest BCUT2D eigenvalue weighted by atomic mass is 10.1. The third-order valence-corrected chi connectivity index (χ3v) is 3.84. The molecule has 1 aliphatic heterocycles. The molecule has 1 fully saturated rings. The van der Waals surface area contributed by atoms with Crippen molar-refractivity contribution in [1.82, 2.24) is 5.32 Å². The summed E-state index contributed by atoms with van der Waals surface area (Å²) < 4.78 is 12.8. The Balaban J connectivity index is 1.79. The van der Waals surface area contributed by atoms with E-state index in [-0.39, 0.29) is 17.8 Å². The maximum Gasteiger partial charge on any atom is 0.244 e. The van der Waals surface area contributed by atoms with Gasteiger partial charge in [-0.05, 0) is 30.7 Å². The third kappa shape index (κ3) is 4.46. The standard InChI is InChI=1S/C16H21FN2O/c1-2-19-11-9-15(10-12-19)18-16(20)8-5-13-3-6-14(17)7-4-13/h3-8,15H,2,9-12H2,1H3,(H,18,20)/p+1/b8-5+. The summed E-state index contributed by atoms with van der Waals surface area (Å²) in [6.07, 6.45) is 5.31. The van der Waals surface area contributed by atoms with Crippen LogP contribution in [0.3, 0.4) is 0 Å². The Kier molecular flexibility index (Phi) is 5.30. The van der Waals surface area contributed by atoms with Crippen LogP contribution in [0.2, 0.25) is 0 Å². The highest BCUT2D eigenvalue weighted by molar-refractivity contribution is 5.91. The number of amides is 1. The van der Waals surface area contributed by atoms with E-state index in [1.807, 2.05) is 0 Å². The fourth-order valence-electron chi connectivity index (χ4n) is 2.52. The molecular formula is C16H22FN2O+. The van der Waals surface area contributed by atoms with Gasteiger partial charge in [0, 0.05) is 25.0 Å². The lowest BCUT2D eigenvalue weighted by Gasteiger charge is -2.28. The van der Waals surface area contributed by atoms with Crippen LogP contribution in [0.5, 0.6) is 0 Å². The van der Waals surface area contributed by atoms with Gasteiger partial charge in [-0.15, -0.1) is 0 Å². The molecule has 0 spiro atoms. The summed E-state index contributed by atoms with van der Waals surface area (Å²) in [5.74, 6) is -0.337. The van der Waals surface area contributed by atoms with Crippen LogP contribution in [0.15, 0.2) is 30.3 Å². The first-order chi connectivity index (χ1) is 9.67. The van der Waals surface area contributed by atoms with Gasteiger partial charge in [0.15, 0.2) is 0 Å². The molecule has 0 bridgehead atoms. The average molecular weight is 277 g/mol. The second-order valence-corrected chi connectivity index (χ2v) is 5.27. The minimum absolute atomic E-state index is 0.0701. The number of piperidine rings is 1. The largest absolute Gasteiger partial charge is 0.349 e. The van der Waals surface area contributed by atoms with Gasteiger partial charge in [0.1, 0.15) is 5.82 Å². The minimum Gasteiger partial charge on any atom is -0.349 e. The molecule has 0 unspecified atom stereocenters. The molecule has 108 valence electrons. The number of carbonyl (C=O) groups is 1. The Hall–Kier alpha value is -1.68. The fraction of sp³-hybridized carbons (Fsp3) is 0.438. The monoisotopic (exact) mass is 277 g/mol. The Labute approximate surface area is 119 Å². The molecule has 0 radical (unpaired) electrons. The van der Waals surface area contributed by atoms with Crippen LogP contribution in [-0.2, 0) is 4.79 Å². The number of halogens is 1. The molecule has 0 aromatic heterocycles. The predicted molar refractivity (Wildman–Crippen MR) is 77.8 cm³/mol. The summed E-state index contributed by atoms with van der Waals surface area (Å²) in [6.45, 7) is 5.61. The van der Waals surface area contributed by atoms with E-state index in [4.69, 9.17) is 0 Å². The van der Waals surface area contributed by atoms with Crippen molar-refractivity contribution in [2.24, 2.45) is 0 Å². The van der Waals surface area contributed by atoms with Gasteiger partial charge in [0.25, 0.3) is 0 Å². The van der Waals surface area contributed by atoms with Crippen molar-refractivity contribution in [1.29, 1.82) is 0 Å². The molecule has 1 aromatic rings. The van der Waals surface area contributed by atoms with Gasteiger partial charge in [-0.25, -0.2) is 4.39 Å². The summed E-state index contributed by atoms with van der Waals surface area (Å²) in [6, 6.07) is 6.38. The summed E-state index contributed by atoms with van der Waals surface area (Å²) >= 11 is 0. The first kappa shape index (κ1) is 14.7. The van der Waals surface area contributed by atoms with Gasteiger partial charge < -0.3 is 10.2 Å². The lowest BCUT2D eigenvalue weighted by molar-refractivity contribution is -0.903. The highest BCUT2D eigenvalue weighted by Crippen LogP contribution is 2.05. The summed E-state index contributed by atoms with van der Waals surface area (Å²) in [5, 5.41) is 3.03. The second kappa shape index (κ2) is 7.20. The highest BCUT2D eigenvalue weighted by Gasteiger charge is 2.21. The van der Waals surface area contributed by atoms with Crippen molar-refractivity contribution >= 4 is 12.0 Å². The Morgan fingerprint density at radius 1 is 1.35 bits per heavy atom. The van der Waals surface area contributed by atoms with Crippen LogP contribution in [0.4, 0.5) is 4.39 Å². The highest BCUT2D eigenvalue weighted by atomic mass is 19.1. The first-order valence-electron chi connectivity index (χ1n) is 7.25. The molecule has 1 aliphatic rings. The normalized spacial score (nSPS) is 22.9. The van der Waals surface area contributed by atoms with Crippen molar-refractivity contribution in [3.05, 3.63) is 41.7 Å². The molecular weight excluding hydrogens is 255 g/mol. The van der Waals surface area contributed by atoms with Crippen molar-refractivity contribution in [2.45, 2.75) is 25.8 Å². The fourth-order valence-corrected chi connectivity index (χ4v) is 2.52. The summed E-state index contributed by atoms with van der Waals surface area (Å²) in [7, 11) is 0. The van der Waals surface area contributed by atoms with E-state index in [0.29, 0.717) is 0 Å². The number of nitrogens with one attached hydrogen (secondary N) is 2. The number of rotatable bonds is 4. The van der Waals surface area contributed by atoms with Gasteiger partial charge in [-0.3, -0.25) is 4.79 Å². The van der Waals surface area contributed by atoms with Crippen molar-refractivity contribution in [3.63, 3.8) is 0 Å². The lowest BCUT2D eigenvalue weighted by Crippen LogP contribution is -3.13. The molecule has 2 N–H and O–H groups in total. The molecule has 1 saturated heterocycles. The summed E-state index contributed by atoms with van der Waals surface area (Å²) in [5.41, 5.74) is 0.826. The van der Waals surface area contributed by atoms with Crippen LogP contribution < -0.4 is 10.2 Å². The van der Waals surface area contributed by atoms with Crippen LogP contribution in [-0.4, -0.2) is 31.6 Å². The van der Waals surface area contributed by atoms with E-state index in [1.165, 1.54) is 18.2 Å². The Morgan fingerprint density at radius 3 is 2.60 bits per heavy atom. The van der Waals surface area contributed by atoms with Gasteiger partial charge in [0.05, 0.1) is 19.6 Å². The van der Waals surface area contributed by atoms with E-state index in [1.54, 1.807) is 23.1 Å². The number of quaternary nitrogens is 1. The Bertz CT molecular complexity index is 462. The van der Waals surface area contributed by atoms with Gasteiger partial charge in [-0.2, -0.15) is 0 Å². The van der Waals surface area contributed by atoms with Crippen LogP contribution in [0, 0.1) is 5.82 Å². The molecule has 2 rings (SSSR count). The zero-order valence-corrected chi connectivity index (χ0v) is 11.9. The van der Waals surface area contributed by atoms with E-state index >= 15 is 0 Å². The maximum absolute atomic E-state index is 12.8. The average Bonchev–Trinajstić information content (AvgIpc) is 2.47. The molecule has 0 aliphatic carbocycles. The van der Waals surface area contributed by atoms with Crippen molar-refractivity contribution in [3.8, 4) is 0 Å². The topological polar surface area (TPSA) is 33.5 Å². The number of likely N-dealkylation sites (tertiary alicyclic amines) is 1. The first-order valence-corrected chi connectivity index (χ1v) is 7.25. The smallest absolute Gasteiger partial charge is 0.244 e. The zero-order valence-electron chi connectivity index (χ0n) is 11.9. The molecule has 1 aromatic carbocycles. The molecule has 1 amide bonds. The SMILES string of the molecule is CC[NH+]1CCC(NC(=O)/C=C/c2ccc(F)cc2)CC1. The molecule has 0 saturated carbocycles. The number of hydrogen-bond donors (Lipinski definition) is 2. The molecule has 0 atom stereocenters. The van der Waals surface area contributed by atoms with E-state index in [0.717, 1.165) is 38.0 Å². The zero-order chi connectivity index (χ0) is 14.4. The molecule has 1 heterocycles. The molecule has 20 heavy (non-hydrogen) atoms. The van der Waals surface area contributed by atoms with E-state index in [2.05, 4.69) is 12.2 Å².